The zero-order valence-corrected chi connectivity index (χ0v) is 13.1. The smallest absolute Gasteiger partial charge is 0.0157 e. The van der Waals surface area contributed by atoms with Gasteiger partial charge in [0.2, 0.25) is 0 Å². The van der Waals surface area contributed by atoms with Crippen molar-refractivity contribution < 1.29 is 0 Å². The van der Waals surface area contributed by atoms with Crippen LogP contribution in [0.1, 0.15) is 32.6 Å². The van der Waals surface area contributed by atoms with E-state index in [-0.39, 0.29) is 7.92 Å². The minimum absolute atomic E-state index is 0.352. The molecule has 2 rings (SSSR count). The second-order valence-electron chi connectivity index (χ2n) is 4.92. The normalized spacial score (nSPS) is 11.3. The van der Waals surface area contributed by atoms with Crippen LogP contribution in [0.15, 0.2) is 72.6 Å². The first-order valence-electron chi connectivity index (χ1n) is 7.48. The van der Waals surface area contributed by atoms with Gasteiger partial charge in [-0.3, -0.25) is 0 Å². The molecule has 0 saturated carbocycles. The zero-order chi connectivity index (χ0) is 14.0. The molecule has 0 aromatic heterocycles. The van der Waals surface area contributed by atoms with Gasteiger partial charge >= 0.3 is 0 Å². The molecular weight excluding hydrogens is 259 g/mol. The van der Waals surface area contributed by atoms with Gasteiger partial charge in [-0.15, -0.1) is 0 Å². The van der Waals surface area contributed by atoms with Gasteiger partial charge in [0.05, 0.1) is 0 Å². The molecule has 0 bridgehead atoms. The van der Waals surface area contributed by atoms with Crippen molar-refractivity contribution >= 4 is 18.5 Å². The summed E-state index contributed by atoms with van der Waals surface area (Å²) in [5.74, 6) is 2.43. The number of benzene rings is 2. The highest BCUT2D eigenvalue weighted by Gasteiger charge is 2.08. The van der Waals surface area contributed by atoms with Crippen molar-refractivity contribution in [1.82, 2.24) is 0 Å². The fraction of sp³-hybridized carbons (Fsp3) is 0.263. The van der Waals surface area contributed by atoms with Crippen LogP contribution < -0.4 is 10.6 Å². The second kappa shape index (κ2) is 8.72. The molecule has 0 spiro atoms. The van der Waals surface area contributed by atoms with Gasteiger partial charge in [0.25, 0.3) is 0 Å². The summed E-state index contributed by atoms with van der Waals surface area (Å²) >= 11 is 0. The zero-order valence-electron chi connectivity index (χ0n) is 12.2. The van der Waals surface area contributed by atoms with E-state index >= 15 is 0 Å². The SMILES string of the molecule is CCCCC/C=C\P(c1ccccc1)c1ccccc1. The van der Waals surface area contributed by atoms with E-state index < -0.39 is 0 Å². The molecule has 0 aliphatic heterocycles. The fourth-order valence-electron chi connectivity index (χ4n) is 2.19. The highest BCUT2D eigenvalue weighted by atomic mass is 31.1. The Bertz CT molecular complexity index is 462. The predicted octanol–water partition coefficient (Wildman–Crippen LogP) is 5.21. The summed E-state index contributed by atoms with van der Waals surface area (Å²) in [5, 5.41) is 2.86. The minimum atomic E-state index is -0.352. The molecule has 0 saturated heterocycles. The van der Waals surface area contributed by atoms with Crippen LogP contribution in [0.3, 0.4) is 0 Å². The van der Waals surface area contributed by atoms with E-state index in [0.717, 1.165) is 0 Å². The molecule has 2 aromatic carbocycles. The Hall–Kier alpha value is -1.39. The minimum Gasteiger partial charge on any atom is -0.0834 e. The summed E-state index contributed by atoms with van der Waals surface area (Å²) in [6.45, 7) is 2.25. The standard InChI is InChI=1S/C19H23P/c1-2-3-4-5-12-17-20(18-13-8-6-9-14-18)19-15-10-7-11-16-19/h6-17H,2-5H2,1H3/b17-12-. The lowest BCUT2D eigenvalue weighted by atomic mass is 10.2. The van der Waals surface area contributed by atoms with E-state index in [9.17, 15) is 0 Å². The first kappa shape index (κ1) is 15.0. The van der Waals surface area contributed by atoms with Crippen LogP contribution in [0, 0.1) is 0 Å². The average molecular weight is 282 g/mol. The Labute approximate surface area is 124 Å². The molecule has 0 heterocycles. The van der Waals surface area contributed by atoms with Gasteiger partial charge in [0.1, 0.15) is 0 Å². The molecule has 0 aliphatic rings. The molecule has 0 nitrogen and oxygen atoms in total. The molecule has 0 atom stereocenters. The second-order valence-corrected chi connectivity index (χ2v) is 6.99. The van der Waals surface area contributed by atoms with Crippen molar-refractivity contribution in [3.63, 3.8) is 0 Å². The Morgan fingerprint density at radius 2 is 1.35 bits per heavy atom. The van der Waals surface area contributed by atoms with Gasteiger partial charge in [-0.1, -0.05) is 92.3 Å². The van der Waals surface area contributed by atoms with Gasteiger partial charge in [-0.25, -0.2) is 0 Å². The molecular formula is C19H23P. The van der Waals surface area contributed by atoms with Gasteiger partial charge in [-0.2, -0.15) is 0 Å². The summed E-state index contributed by atoms with van der Waals surface area (Å²) in [6, 6.07) is 21.7. The van der Waals surface area contributed by atoms with Crippen LogP contribution in [-0.2, 0) is 0 Å². The maximum atomic E-state index is 2.43. The van der Waals surface area contributed by atoms with Crippen molar-refractivity contribution in [3.8, 4) is 0 Å². The fourth-order valence-corrected chi connectivity index (χ4v) is 4.18. The van der Waals surface area contributed by atoms with Crippen molar-refractivity contribution in [1.29, 1.82) is 0 Å². The maximum absolute atomic E-state index is 2.43. The number of allylic oxidation sites excluding steroid dienone is 1. The van der Waals surface area contributed by atoms with Crippen molar-refractivity contribution in [3.05, 3.63) is 72.6 Å². The highest BCUT2D eigenvalue weighted by Crippen LogP contribution is 2.35. The number of hydrogen-bond donors (Lipinski definition) is 0. The largest absolute Gasteiger partial charge is 0.0834 e. The van der Waals surface area contributed by atoms with Crippen LogP contribution in [0.2, 0.25) is 0 Å². The Kier molecular flexibility index (Phi) is 6.54. The molecule has 2 aromatic rings. The molecule has 0 amide bonds. The Morgan fingerprint density at radius 3 is 1.85 bits per heavy atom. The van der Waals surface area contributed by atoms with Crippen LogP contribution >= 0.6 is 7.92 Å². The van der Waals surface area contributed by atoms with E-state index in [4.69, 9.17) is 0 Å². The Balaban J connectivity index is 2.13. The molecule has 0 aliphatic carbocycles. The molecule has 1 heteroatoms. The van der Waals surface area contributed by atoms with E-state index in [1.165, 1.54) is 36.3 Å². The van der Waals surface area contributed by atoms with E-state index in [0.29, 0.717) is 0 Å². The molecule has 104 valence electrons. The summed E-state index contributed by atoms with van der Waals surface area (Å²) in [4.78, 5) is 0. The third-order valence-corrected chi connectivity index (χ3v) is 5.52. The quantitative estimate of drug-likeness (QED) is 0.483. The lowest BCUT2D eigenvalue weighted by molar-refractivity contribution is 0.729. The van der Waals surface area contributed by atoms with Crippen molar-refractivity contribution in [2.45, 2.75) is 32.6 Å². The summed E-state index contributed by atoms with van der Waals surface area (Å²) in [6.07, 6.45) is 7.51. The monoisotopic (exact) mass is 282 g/mol. The molecule has 0 unspecified atom stereocenters. The van der Waals surface area contributed by atoms with Gasteiger partial charge in [-0.05, 0) is 31.4 Å². The first-order chi connectivity index (χ1) is 9.92. The lowest BCUT2D eigenvalue weighted by Gasteiger charge is -2.14. The van der Waals surface area contributed by atoms with Crippen molar-refractivity contribution in [2.24, 2.45) is 0 Å². The van der Waals surface area contributed by atoms with Gasteiger partial charge in [0, 0.05) is 0 Å². The highest BCUT2D eigenvalue weighted by molar-refractivity contribution is 7.75. The average Bonchev–Trinajstić information content (AvgIpc) is 2.53. The first-order valence-corrected chi connectivity index (χ1v) is 8.89. The van der Waals surface area contributed by atoms with Gasteiger partial charge in [0.15, 0.2) is 0 Å². The maximum Gasteiger partial charge on any atom is -0.0157 e. The number of hydrogen-bond acceptors (Lipinski definition) is 0. The van der Waals surface area contributed by atoms with Crippen molar-refractivity contribution in [2.75, 3.05) is 0 Å². The van der Waals surface area contributed by atoms with Gasteiger partial charge < -0.3 is 0 Å². The molecule has 20 heavy (non-hydrogen) atoms. The topological polar surface area (TPSA) is 0 Å². The summed E-state index contributed by atoms with van der Waals surface area (Å²) in [7, 11) is -0.352. The Morgan fingerprint density at radius 1 is 0.800 bits per heavy atom. The lowest BCUT2D eigenvalue weighted by Crippen LogP contribution is -2.09. The van der Waals surface area contributed by atoms with E-state index in [2.05, 4.69) is 79.5 Å². The van der Waals surface area contributed by atoms with E-state index in [1.54, 1.807) is 0 Å². The van der Waals surface area contributed by atoms with Crippen LogP contribution in [-0.4, -0.2) is 0 Å². The molecule has 0 radical (unpaired) electrons. The third kappa shape index (κ3) is 4.62. The van der Waals surface area contributed by atoms with Crippen LogP contribution in [0.5, 0.6) is 0 Å². The third-order valence-electron chi connectivity index (χ3n) is 3.30. The number of unbranched alkanes of at least 4 members (excludes halogenated alkanes) is 3. The summed E-state index contributed by atoms with van der Waals surface area (Å²) < 4.78 is 0. The van der Waals surface area contributed by atoms with Crippen LogP contribution in [0.4, 0.5) is 0 Å². The van der Waals surface area contributed by atoms with E-state index in [1.807, 2.05) is 0 Å². The summed E-state index contributed by atoms with van der Waals surface area (Å²) in [5.41, 5.74) is 0. The molecule has 0 fully saturated rings. The van der Waals surface area contributed by atoms with Crippen LogP contribution in [0.25, 0.3) is 0 Å². The molecule has 0 N–H and O–H groups in total. The number of rotatable bonds is 7. The predicted molar refractivity (Wildman–Crippen MR) is 92.4 cm³/mol.